The minimum absolute atomic E-state index is 0.0197. The number of methoxy groups -OCH3 is 1. The van der Waals surface area contributed by atoms with Gasteiger partial charge in [-0.15, -0.1) is 0 Å². The summed E-state index contributed by atoms with van der Waals surface area (Å²) in [6.07, 6.45) is 0.706. The van der Waals surface area contributed by atoms with Gasteiger partial charge < -0.3 is 19.1 Å². The molecule has 0 bridgehead atoms. The maximum absolute atomic E-state index is 12.4. The summed E-state index contributed by atoms with van der Waals surface area (Å²) in [6, 6.07) is 3.37. The number of aromatic nitrogens is 4. The van der Waals surface area contributed by atoms with Crippen LogP contribution in [0.15, 0.2) is 29.0 Å². The molecule has 28 heavy (non-hydrogen) atoms. The molecule has 0 aromatic carbocycles. The van der Waals surface area contributed by atoms with E-state index in [9.17, 15) is 14.7 Å². The Morgan fingerprint density at radius 3 is 2.68 bits per heavy atom. The number of rotatable bonds is 4. The van der Waals surface area contributed by atoms with Crippen molar-refractivity contribution in [1.29, 1.82) is 0 Å². The van der Waals surface area contributed by atoms with Crippen LogP contribution in [0.2, 0.25) is 0 Å². The second-order valence-electron chi connectivity index (χ2n) is 6.80. The van der Waals surface area contributed by atoms with Crippen molar-refractivity contribution in [1.82, 2.24) is 19.9 Å². The minimum atomic E-state index is -1.58. The molecule has 0 atom stereocenters. The molecule has 0 aliphatic carbocycles. The molecule has 3 heterocycles. The Labute approximate surface area is 159 Å². The van der Waals surface area contributed by atoms with E-state index < -0.39 is 17.8 Å². The number of imide groups is 1. The van der Waals surface area contributed by atoms with Crippen LogP contribution in [0.4, 0.5) is 15.4 Å². The first-order valence-electron chi connectivity index (χ1n) is 8.26. The number of amides is 2. The van der Waals surface area contributed by atoms with Crippen LogP contribution in [0, 0.1) is 0 Å². The third kappa shape index (κ3) is 3.87. The number of hydrogen-bond acceptors (Lipinski definition) is 8. The predicted octanol–water partition coefficient (Wildman–Crippen LogP) is 2.90. The number of hydrogen-bond donors (Lipinski definition) is 1. The molecule has 1 N–H and O–H groups in total. The van der Waals surface area contributed by atoms with Crippen LogP contribution >= 0.6 is 0 Å². The average molecular weight is 389 g/mol. The molecule has 0 unspecified atom stereocenters. The molecule has 0 aliphatic heterocycles. The lowest BCUT2D eigenvalue weighted by molar-refractivity contribution is 0.0580. The van der Waals surface area contributed by atoms with E-state index in [0.717, 1.165) is 0 Å². The molecule has 0 spiro atoms. The van der Waals surface area contributed by atoms with Gasteiger partial charge in [-0.25, -0.2) is 14.6 Å². The quantitative estimate of drug-likeness (QED) is 0.715. The summed E-state index contributed by atoms with van der Waals surface area (Å²) in [5.41, 5.74) is -0.329. The lowest BCUT2D eigenvalue weighted by Crippen LogP contribution is -2.40. The summed E-state index contributed by atoms with van der Waals surface area (Å²) in [4.78, 5) is 28.8. The molecule has 0 aliphatic rings. The number of pyridine rings is 1. The first kappa shape index (κ1) is 19.1. The molecule has 0 radical (unpaired) electrons. The van der Waals surface area contributed by atoms with Gasteiger partial charge in [0.15, 0.2) is 0 Å². The van der Waals surface area contributed by atoms with Gasteiger partial charge in [-0.1, -0.05) is 5.16 Å². The summed E-state index contributed by atoms with van der Waals surface area (Å²) in [6.45, 7) is 5.20. The van der Waals surface area contributed by atoms with Crippen molar-refractivity contribution in [3.05, 3.63) is 30.2 Å². The molecule has 11 nitrogen and oxygen atoms in total. The van der Waals surface area contributed by atoms with E-state index in [1.54, 1.807) is 50.0 Å². The van der Waals surface area contributed by atoms with Crippen LogP contribution in [-0.2, 0) is 11.3 Å². The summed E-state index contributed by atoms with van der Waals surface area (Å²) < 4.78 is 17.3. The molecule has 0 saturated heterocycles. The molecule has 3 aromatic rings. The van der Waals surface area contributed by atoms with Crippen molar-refractivity contribution >= 4 is 29.1 Å². The Bertz CT molecular complexity index is 1010. The van der Waals surface area contributed by atoms with Crippen molar-refractivity contribution in [2.24, 2.45) is 0 Å². The summed E-state index contributed by atoms with van der Waals surface area (Å²) in [5.74, 6) is -0.0371. The highest BCUT2D eigenvalue weighted by Crippen LogP contribution is 2.34. The Hall–Kier alpha value is -3.63. The summed E-state index contributed by atoms with van der Waals surface area (Å²) in [5, 5.41) is 17.5. The molecular weight excluding hydrogens is 370 g/mol. The molecule has 3 aromatic heterocycles. The van der Waals surface area contributed by atoms with E-state index >= 15 is 0 Å². The smallest absolute Gasteiger partial charge is 0.425 e. The molecule has 11 heteroatoms. The minimum Gasteiger partial charge on any atom is -0.496 e. The van der Waals surface area contributed by atoms with Crippen LogP contribution < -0.4 is 9.64 Å². The van der Waals surface area contributed by atoms with Crippen molar-refractivity contribution in [3.63, 3.8) is 0 Å². The number of carbonyl (C=O) groups excluding carboxylic acids is 1. The van der Waals surface area contributed by atoms with Gasteiger partial charge >= 0.3 is 12.2 Å². The highest BCUT2D eigenvalue weighted by molar-refractivity contribution is 6.13. The zero-order valence-electron chi connectivity index (χ0n) is 15.7. The topological polar surface area (TPSA) is 133 Å². The summed E-state index contributed by atoms with van der Waals surface area (Å²) in [7, 11) is 1.40. The molecule has 148 valence electrons. The van der Waals surface area contributed by atoms with Crippen LogP contribution in [0.25, 0.3) is 11.1 Å². The molecule has 0 saturated carbocycles. The Morgan fingerprint density at radius 1 is 1.36 bits per heavy atom. The van der Waals surface area contributed by atoms with Gasteiger partial charge in [0.2, 0.25) is 5.82 Å². The van der Waals surface area contributed by atoms with E-state index in [-0.39, 0.29) is 22.7 Å². The summed E-state index contributed by atoms with van der Waals surface area (Å²) >= 11 is 0. The predicted molar refractivity (Wildman–Crippen MR) is 96.4 cm³/mol. The molecular formula is C17H19N5O6. The fourth-order valence-corrected chi connectivity index (χ4v) is 2.47. The fourth-order valence-electron chi connectivity index (χ4n) is 2.47. The van der Waals surface area contributed by atoms with Gasteiger partial charge in [-0.3, -0.25) is 4.68 Å². The zero-order valence-corrected chi connectivity index (χ0v) is 15.7. The highest BCUT2D eigenvalue weighted by atomic mass is 16.6. The van der Waals surface area contributed by atoms with Gasteiger partial charge in [0.1, 0.15) is 16.7 Å². The van der Waals surface area contributed by atoms with Gasteiger partial charge in [0.25, 0.3) is 5.71 Å². The molecule has 3 rings (SSSR count). The third-order valence-electron chi connectivity index (χ3n) is 3.53. The standard InChI is InChI=1S/C17H19N5O6/c1-17(2,3)27-16(25)22(15(23)24)13-12-11(26-4)8-10(19-14(12)28-20-13)9-21-7-5-6-18-21/h5-8H,9H2,1-4H3,(H,23,24). The first-order valence-corrected chi connectivity index (χ1v) is 8.26. The third-order valence-corrected chi connectivity index (χ3v) is 3.53. The van der Waals surface area contributed by atoms with E-state index in [0.29, 0.717) is 17.1 Å². The van der Waals surface area contributed by atoms with Crippen molar-refractivity contribution in [2.45, 2.75) is 32.9 Å². The number of ether oxygens (including phenoxy) is 2. The van der Waals surface area contributed by atoms with E-state index in [4.69, 9.17) is 14.0 Å². The maximum atomic E-state index is 12.4. The van der Waals surface area contributed by atoms with Crippen LogP contribution in [0.3, 0.4) is 0 Å². The largest absolute Gasteiger partial charge is 0.496 e. The number of carboxylic acid groups (broad SMARTS) is 1. The van der Waals surface area contributed by atoms with Crippen molar-refractivity contribution in [2.75, 3.05) is 12.0 Å². The zero-order chi connectivity index (χ0) is 20.5. The van der Waals surface area contributed by atoms with Crippen molar-refractivity contribution in [3.8, 4) is 5.75 Å². The number of nitrogens with zero attached hydrogens (tertiary/aromatic N) is 5. The SMILES string of the molecule is COc1cc(Cn2cccn2)nc2onc(N(C(=O)O)C(=O)OC(C)(C)C)c12. The van der Waals surface area contributed by atoms with Gasteiger partial charge in [0.05, 0.1) is 19.3 Å². The van der Waals surface area contributed by atoms with Crippen LogP contribution in [0.5, 0.6) is 5.75 Å². The van der Waals surface area contributed by atoms with E-state index in [2.05, 4.69) is 15.2 Å². The van der Waals surface area contributed by atoms with Crippen LogP contribution in [0.1, 0.15) is 26.5 Å². The monoisotopic (exact) mass is 389 g/mol. The highest BCUT2D eigenvalue weighted by Gasteiger charge is 2.34. The maximum Gasteiger partial charge on any atom is 0.425 e. The Morgan fingerprint density at radius 2 is 2.11 bits per heavy atom. The van der Waals surface area contributed by atoms with Crippen LogP contribution in [-0.4, -0.2) is 49.9 Å². The number of carbonyl (C=O) groups is 2. The second-order valence-corrected chi connectivity index (χ2v) is 6.80. The Balaban J connectivity index is 2.05. The van der Waals surface area contributed by atoms with E-state index in [1.165, 1.54) is 7.11 Å². The lowest BCUT2D eigenvalue weighted by Gasteiger charge is -2.23. The van der Waals surface area contributed by atoms with Gasteiger partial charge in [0, 0.05) is 18.5 Å². The fraction of sp³-hybridized carbons (Fsp3) is 0.353. The van der Waals surface area contributed by atoms with Crippen molar-refractivity contribution < 1.29 is 28.7 Å². The number of fused-ring (bicyclic) bond motifs is 1. The van der Waals surface area contributed by atoms with Gasteiger partial charge in [-0.2, -0.15) is 10.00 Å². The molecule has 2 amide bonds. The average Bonchev–Trinajstić information content (AvgIpc) is 3.23. The molecule has 0 fully saturated rings. The normalized spacial score (nSPS) is 11.4. The van der Waals surface area contributed by atoms with Gasteiger partial charge in [-0.05, 0) is 26.8 Å². The second kappa shape index (κ2) is 7.18. The number of anilines is 1. The lowest BCUT2D eigenvalue weighted by atomic mass is 10.2. The first-order chi connectivity index (χ1) is 13.2. The van der Waals surface area contributed by atoms with E-state index in [1.807, 2.05) is 0 Å². The Kier molecular flexibility index (Phi) is 4.91.